The number of nitrogens with two attached hydrogens (primary N) is 1. The number of hydrogen-bond donors (Lipinski definition) is 6. The molecule has 37 heavy (non-hydrogen) atoms. The summed E-state index contributed by atoms with van der Waals surface area (Å²) < 4.78 is 7.42. The van der Waals surface area contributed by atoms with Gasteiger partial charge in [0.25, 0.3) is 0 Å². The highest BCUT2D eigenvalue weighted by molar-refractivity contribution is 5.82. The van der Waals surface area contributed by atoms with Crippen molar-refractivity contribution in [1.29, 1.82) is 5.41 Å². The van der Waals surface area contributed by atoms with Gasteiger partial charge in [0.2, 0.25) is 0 Å². The van der Waals surface area contributed by atoms with E-state index in [1.54, 1.807) is 4.57 Å². The average Bonchev–Trinajstić information content (AvgIpc) is 3.31. The van der Waals surface area contributed by atoms with Crippen molar-refractivity contribution in [2.75, 3.05) is 33.3 Å². The summed E-state index contributed by atoms with van der Waals surface area (Å²) in [5.74, 6) is 0.798. The molecule has 4 rings (SSSR count). The van der Waals surface area contributed by atoms with Crippen LogP contribution in [-0.4, -0.2) is 53.8 Å². The summed E-state index contributed by atoms with van der Waals surface area (Å²) in [4.78, 5) is 20.3. The first kappa shape index (κ1) is 25.9. The van der Waals surface area contributed by atoms with E-state index in [4.69, 9.17) is 15.9 Å². The predicted molar refractivity (Wildman–Crippen MR) is 147 cm³/mol. The van der Waals surface area contributed by atoms with E-state index in [1.165, 1.54) is 0 Å². The maximum atomic E-state index is 12.8. The molecule has 2 aromatic heterocycles. The topological polar surface area (TPSA) is 146 Å². The van der Waals surface area contributed by atoms with Crippen molar-refractivity contribution < 1.29 is 4.74 Å². The number of aromatic nitrogens is 3. The third-order valence-corrected chi connectivity index (χ3v) is 5.88. The first-order valence-corrected chi connectivity index (χ1v) is 12.4. The third-order valence-electron chi connectivity index (χ3n) is 5.88. The fraction of sp³-hybridized carbons (Fsp3) is 0.296. The van der Waals surface area contributed by atoms with Gasteiger partial charge in [-0.15, -0.1) is 0 Å². The van der Waals surface area contributed by atoms with E-state index in [0.29, 0.717) is 25.3 Å². The molecule has 0 spiro atoms. The molecular weight excluding hydrogens is 468 g/mol. The Labute approximate surface area is 215 Å². The fourth-order valence-electron chi connectivity index (χ4n) is 3.97. The summed E-state index contributed by atoms with van der Waals surface area (Å²) in [6, 6.07) is 17.7. The molecule has 4 aromatic rings. The monoisotopic (exact) mass is 502 g/mol. The van der Waals surface area contributed by atoms with Crippen molar-refractivity contribution in [2.45, 2.75) is 19.4 Å². The molecule has 0 bridgehead atoms. The summed E-state index contributed by atoms with van der Waals surface area (Å²) in [6.07, 6.45) is 3.62. The lowest BCUT2D eigenvalue weighted by molar-refractivity contribution is 0.310. The van der Waals surface area contributed by atoms with Gasteiger partial charge in [0.1, 0.15) is 11.4 Å². The Morgan fingerprint density at radius 2 is 1.95 bits per heavy atom. The van der Waals surface area contributed by atoms with Crippen molar-refractivity contribution in [1.82, 2.24) is 30.5 Å². The summed E-state index contributed by atoms with van der Waals surface area (Å²) in [6.45, 7) is 3.74. The highest BCUT2D eigenvalue weighted by atomic mass is 16.5. The van der Waals surface area contributed by atoms with E-state index in [1.807, 2.05) is 67.8 Å². The maximum absolute atomic E-state index is 12.8. The second kappa shape index (κ2) is 12.7. The molecule has 0 fully saturated rings. The van der Waals surface area contributed by atoms with E-state index in [0.717, 1.165) is 59.6 Å². The lowest BCUT2D eigenvalue weighted by Gasteiger charge is -2.08. The number of rotatable bonds is 13. The van der Waals surface area contributed by atoms with Crippen LogP contribution < -0.4 is 32.1 Å². The number of guanidine groups is 1. The van der Waals surface area contributed by atoms with Gasteiger partial charge in [0, 0.05) is 35.9 Å². The zero-order chi connectivity index (χ0) is 26.0. The van der Waals surface area contributed by atoms with Gasteiger partial charge in [-0.2, -0.15) is 4.98 Å². The van der Waals surface area contributed by atoms with Gasteiger partial charge in [0.05, 0.1) is 12.3 Å². The molecule has 0 unspecified atom stereocenters. The van der Waals surface area contributed by atoms with Crippen LogP contribution in [0.15, 0.2) is 65.6 Å². The molecule has 0 atom stereocenters. The minimum Gasteiger partial charge on any atom is -0.494 e. The first-order valence-electron chi connectivity index (χ1n) is 12.4. The molecule has 2 aromatic carbocycles. The number of fused-ring (bicyclic) bond motifs is 1. The smallest absolute Gasteiger partial charge is 0.354 e. The standard InChI is InChI=1S/C27H34N8O2/c1-30-11-4-14-37-23-6-2-5-20(15-23)24-16-21-18-35(27(36)34-25(21)33-24)22-9-7-19(8-10-22)17-31-12-3-13-32-26(28)29/h2,5-10,15-16,18,30-31H,3-4,11-14,17H2,1H3,(H4,28,29,32)(H,33,34,36). The van der Waals surface area contributed by atoms with Gasteiger partial charge in [0.15, 0.2) is 5.96 Å². The molecule has 2 heterocycles. The molecule has 194 valence electrons. The summed E-state index contributed by atoms with van der Waals surface area (Å²) in [5, 5.41) is 17.3. The van der Waals surface area contributed by atoms with Crippen LogP contribution in [0.3, 0.4) is 0 Å². The van der Waals surface area contributed by atoms with Crippen LogP contribution in [0, 0.1) is 5.41 Å². The zero-order valence-corrected chi connectivity index (χ0v) is 21.0. The largest absolute Gasteiger partial charge is 0.494 e. The van der Waals surface area contributed by atoms with Gasteiger partial charge in [-0.05, 0) is 68.9 Å². The second-order valence-corrected chi connectivity index (χ2v) is 8.75. The van der Waals surface area contributed by atoms with Gasteiger partial charge in [-0.25, -0.2) is 4.79 Å². The Morgan fingerprint density at radius 3 is 2.73 bits per heavy atom. The number of aromatic amines is 1. The van der Waals surface area contributed by atoms with E-state index in [2.05, 4.69) is 25.9 Å². The maximum Gasteiger partial charge on any atom is 0.354 e. The SMILES string of the molecule is CNCCCOc1cccc(-c2cc3cn(-c4ccc(CNCCCNC(=N)N)cc4)c(=O)nc3[nH]2)c1. The molecular formula is C27H34N8O2. The summed E-state index contributed by atoms with van der Waals surface area (Å²) in [7, 11) is 1.93. The second-order valence-electron chi connectivity index (χ2n) is 8.75. The van der Waals surface area contributed by atoms with Gasteiger partial charge >= 0.3 is 5.69 Å². The fourth-order valence-corrected chi connectivity index (χ4v) is 3.97. The van der Waals surface area contributed by atoms with E-state index >= 15 is 0 Å². The minimum absolute atomic E-state index is 0.00975. The van der Waals surface area contributed by atoms with E-state index in [-0.39, 0.29) is 11.6 Å². The van der Waals surface area contributed by atoms with E-state index in [9.17, 15) is 4.79 Å². The summed E-state index contributed by atoms with van der Waals surface area (Å²) in [5.41, 5.74) is 9.20. The van der Waals surface area contributed by atoms with Crippen molar-refractivity contribution in [3.63, 3.8) is 0 Å². The number of nitrogens with one attached hydrogen (secondary N) is 5. The quantitative estimate of drug-likeness (QED) is 0.0935. The molecule has 0 radical (unpaired) electrons. The number of nitrogens with zero attached hydrogens (tertiary/aromatic N) is 2. The molecule has 0 saturated heterocycles. The van der Waals surface area contributed by atoms with Gasteiger partial charge < -0.3 is 31.4 Å². The minimum atomic E-state index is -0.341. The average molecular weight is 503 g/mol. The number of benzene rings is 2. The van der Waals surface area contributed by atoms with Crippen molar-refractivity contribution in [3.8, 4) is 22.7 Å². The van der Waals surface area contributed by atoms with Crippen molar-refractivity contribution >= 4 is 17.0 Å². The number of H-pyrrole nitrogens is 1. The molecule has 10 nitrogen and oxygen atoms in total. The molecule has 0 aliphatic carbocycles. The Morgan fingerprint density at radius 1 is 1.11 bits per heavy atom. The highest BCUT2D eigenvalue weighted by Gasteiger charge is 2.10. The lowest BCUT2D eigenvalue weighted by Crippen LogP contribution is -2.32. The summed E-state index contributed by atoms with van der Waals surface area (Å²) >= 11 is 0. The molecule has 0 aliphatic heterocycles. The van der Waals surface area contributed by atoms with E-state index < -0.39 is 0 Å². The Kier molecular flexibility index (Phi) is 8.90. The van der Waals surface area contributed by atoms with Crippen LogP contribution in [-0.2, 0) is 6.54 Å². The predicted octanol–water partition coefficient (Wildman–Crippen LogP) is 2.33. The Hall–Kier alpha value is -4.15. The van der Waals surface area contributed by atoms with Crippen LogP contribution in [0.25, 0.3) is 28.0 Å². The molecule has 7 N–H and O–H groups in total. The molecule has 0 amide bonds. The molecule has 0 aliphatic rings. The Bertz CT molecular complexity index is 1380. The van der Waals surface area contributed by atoms with Crippen LogP contribution in [0.5, 0.6) is 5.75 Å². The van der Waals surface area contributed by atoms with Crippen molar-refractivity contribution in [2.24, 2.45) is 5.73 Å². The highest BCUT2D eigenvalue weighted by Crippen LogP contribution is 2.26. The normalized spacial score (nSPS) is 11.1. The lowest BCUT2D eigenvalue weighted by atomic mass is 10.1. The zero-order valence-electron chi connectivity index (χ0n) is 21.0. The molecule has 0 saturated carbocycles. The first-order chi connectivity index (χ1) is 18.0. The number of ether oxygens (including phenoxy) is 1. The number of hydrogen-bond acceptors (Lipinski definition) is 6. The third kappa shape index (κ3) is 7.18. The van der Waals surface area contributed by atoms with Crippen LogP contribution in [0.4, 0.5) is 0 Å². The van der Waals surface area contributed by atoms with Gasteiger partial charge in [-0.3, -0.25) is 9.98 Å². The van der Waals surface area contributed by atoms with Crippen LogP contribution in [0.2, 0.25) is 0 Å². The Balaban J connectivity index is 1.43. The van der Waals surface area contributed by atoms with Crippen molar-refractivity contribution in [3.05, 3.63) is 76.8 Å². The van der Waals surface area contributed by atoms with Crippen LogP contribution in [0.1, 0.15) is 18.4 Å². The van der Waals surface area contributed by atoms with Crippen LogP contribution >= 0.6 is 0 Å². The molecule has 10 heteroatoms. The van der Waals surface area contributed by atoms with Gasteiger partial charge in [-0.1, -0.05) is 24.3 Å².